The highest BCUT2D eigenvalue weighted by molar-refractivity contribution is 5.79. The third-order valence-corrected chi connectivity index (χ3v) is 2.01. The molecule has 1 unspecified atom stereocenters. The Hall–Kier alpha value is -2.22. The molecule has 4 N–H and O–H groups in total. The van der Waals surface area contributed by atoms with E-state index in [-0.39, 0.29) is 6.54 Å². The molecule has 0 radical (unpaired) electrons. The van der Waals surface area contributed by atoms with Crippen molar-refractivity contribution in [3.63, 3.8) is 0 Å². The molecule has 0 saturated heterocycles. The molecular formula is C8H10N6O2. The molecule has 84 valence electrons. The van der Waals surface area contributed by atoms with Gasteiger partial charge in [-0.15, -0.1) is 10.2 Å². The topological polar surface area (TPSA) is 118 Å². The number of carbonyl (C=O) groups excluding carboxylic acids is 1. The predicted molar refractivity (Wildman–Crippen MR) is 54.5 cm³/mol. The predicted octanol–water partition coefficient (Wildman–Crippen LogP) is -1.62. The zero-order chi connectivity index (χ0) is 11.5. The van der Waals surface area contributed by atoms with E-state index in [1.807, 2.05) is 0 Å². The summed E-state index contributed by atoms with van der Waals surface area (Å²) in [4.78, 5) is 14.6. The van der Waals surface area contributed by atoms with Crippen molar-refractivity contribution in [2.24, 2.45) is 5.73 Å². The van der Waals surface area contributed by atoms with Gasteiger partial charge in [-0.3, -0.25) is 9.20 Å². The van der Waals surface area contributed by atoms with Crippen LogP contribution in [-0.4, -0.2) is 43.2 Å². The van der Waals surface area contributed by atoms with Crippen molar-refractivity contribution in [3.05, 3.63) is 18.7 Å². The molecular weight excluding hydrogens is 212 g/mol. The highest BCUT2D eigenvalue weighted by atomic mass is 16.3. The molecule has 0 aliphatic heterocycles. The number of aliphatic hydroxyl groups excluding tert-OH is 1. The molecule has 8 heteroatoms. The molecule has 0 aliphatic rings. The lowest BCUT2D eigenvalue weighted by atomic mass is 10.3. The average Bonchev–Trinajstić information content (AvgIpc) is 2.73. The van der Waals surface area contributed by atoms with Crippen molar-refractivity contribution in [3.8, 4) is 0 Å². The molecule has 0 bridgehead atoms. The number of primary amides is 1. The second-order valence-electron chi connectivity index (χ2n) is 3.14. The Labute approximate surface area is 90.1 Å². The summed E-state index contributed by atoms with van der Waals surface area (Å²) < 4.78 is 1.66. The minimum atomic E-state index is -1.26. The fraction of sp³-hybridized carbons (Fsp3) is 0.250. The quantitative estimate of drug-likeness (QED) is 0.572. The average molecular weight is 222 g/mol. The summed E-state index contributed by atoms with van der Waals surface area (Å²) in [6, 6.07) is 0. The van der Waals surface area contributed by atoms with E-state index in [4.69, 9.17) is 5.73 Å². The third kappa shape index (κ3) is 1.91. The maximum absolute atomic E-state index is 10.6. The molecule has 2 aromatic heterocycles. The first kappa shape index (κ1) is 10.3. The Morgan fingerprint density at radius 1 is 1.69 bits per heavy atom. The fourth-order valence-corrected chi connectivity index (χ4v) is 1.18. The molecule has 0 aliphatic carbocycles. The van der Waals surface area contributed by atoms with E-state index >= 15 is 0 Å². The first-order chi connectivity index (χ1) is 7.68. The zero-order valence-corrected chi connectivity index (χ0v) is 8.24. The molecule has 2 rings (SSSR count). The molecule has 16 heavy (non-hydrogen) atoms. The van der Waals surface area contributed by atoms with Crippen molar-refractivity contribution < 1.29 is 9.90 Å². The number of nitrogens with two attached hydrogens (primary N) is 1. The third-order valence-electron chi connectivity index (χ3n) is 2.01. The highest BCUT2D eigenvalue weighted by Crippen LogP contribution is 2.09. The Morgan fingerprint density at radius 3 is 3.25 bits per heavy atom. The molecule has 1 atom stereocenters. The van der Waals surface area contributed by atoms with Gasteiger partial charge in [0.05, 0.1) is 6.54 Å². The second kappa shape index (κ2) is 4.11. The van der Waals surface area contributed by atoms with E-state index < -0.39 is 12.0 Å². The number of amides is 1. The van der Waals surface area contributed by atoms with Gasteiger partial charge in [-0.05, 0) is 0 Å². The lowest BCUT2D eigenvalue weighted by Gasteiger charge is -2.08. The normalized spacial score (nSPS) is 12.6. The number of aromatic nitrogens is 4. The number of fused-ring (bicyclic) bond motifs is 1. The summed E-state index contributed by atoms with van der Waals surface area (Å²) in [5.41, 5.74) is 5.42. The molecule has 2 heterocycles. The first-order valence-electron chi connectivity index (χ1n) is 4.54. The number of hydrogen-bond donors (Lipinski definition) is 3. The van der Waals surface area contributed by atoms with Crippen LogP contribution in [0, 0.1) is 0 Å². The number of carbonyl (C=O) groups is 1. The maximum atomic E-state index is 10.6. The van der Waals surface area contributed by atoms with Gasteiger partial charge in [0.2, 0.25) is 11.6 Å². The van der Waals surface area contributed by atoms with Gasteiger partial charge in [0.15, 0.2) is 5.82 Å². The Bertz CT molecular complexity index is 510. The number of nitrogens with one attached hydrogen (secondary N) is 1. The largest absolute Gasteiger partial charge is 0.381 e. The van der Waals surface area contributed by atoms with Gasteiger partial charge in [0.25, 0.3) is 0 Å². The van der Waals surface area contributed by atoms with Gasteiger partial charge in [0, 0.05) is 12.4 Å². The zero-order valence-electron chi connectivity index (χ0n) is 8.24. The van der Waals surface area contributed by atoms with E-state index in [0.717, 1.165) is 0 Å². The maximum Gasteiger partial charge on any atom is 0.248 e. The van der Waals surface area contributed by atoms with Gasteiger partial charge in [0.1, 0.15) is 12.4 Å². The van der Waals surface area contributed by atoms with E-state index in [9.17, 15) is 9.90 Å². The van der Waals surface area contributed by atoms with Crippen LogP contribution < -0.4 is 11.1 Å². The molecule has 0 spiro atoms. The molecule has 0 fully saturated rings. The van der Waals surface area contributed by atoms with Crippen LogP contribution in [-0.2, 0) is 4.79 Å². The van der Waals surface area contributed by atoms with Crippen LogP contribution in [0.1, 0.15) is 0 Å². The minimum Gasteiger partial charge on any atom is -0.381 e. The monoisotopic (exact) mass is 222 g/mol. The van der Waals surface area contributed by atoms with E-state index in [2.05, 4.69) is 20.5 Å². The summed E-state index contributed by atoms with van der Waals surface area (Å²) in [6.07, 6.45) is 3.50. The van der Waals surface area contributed by atoms with Crippen molar-refractivity contribution in [2.45, 2.75) is 6.10 Å². The van der Waals surface area contributed by atoms with Crippen LogP contribution in [0.15, 0.2) is 18.7 Å². The lowest BCUT2D eigenvalue weighted by Crippen LogP contribution is -2.34. The van der Waals surface area contributed by atoms with Gasteiger partial charge in [-0.1, -0.05) is 0 Å². The Kier molecular flexibility index (Phi) is 2.64. The summed E-state index contributed by atoms with van der Waals surface area (Å²) in [5.74, 6) is -0.360. The molecule has 2 aromatic rings. The van der Waals surface area contributed by atoms with Gasteiger partial charge in [-0.2, -0.15) is 0 Å². The highest BCUT2D eigenvalue weighted by Gasteiger charge is 2.12. The van der Waals surface area contributed by atoms with E-state index in [0.29, 0.717) is 11.5 Å². The van der Waals surface area contributed by atoms with Crippen molar-refractivity contribution >= 4 is 17.4 Å². The fourth-order valence-electron chi connectivity index (χ4n) is 1.18. The summed E-state index contributed by atoms with van der Waals surface area (Å²) >= 11 is 0. The van der Waals surface area contributed by atoms with E-state index in [1.165, 1.54) is 6.33 Å². The standard InChI is InChI=1S/C8H10N6O2/c9-6(16)5(15)3-11-7-8-13-12-4-14(8)2-1-10-7/h1-2,4-5,15H,3H2,(H2,9,16)(H,10,11). The van der Waals surface area contributed by atoms with Gasteiger partial charge < -0.3 is 16.2 Å². The van der Waals surface area contributed by atoms with Crippen LogP contribution >= 0.6 is 0 Å². The summed E-state index contributed by atoms with van der Waals surface area (Å²) in [5, 5.41) is 19.5. The van der Waals surface area contributed by atoms with Crippen molar-refractivity contribution in [2.75, 3.05) is 11.9 Å². The van der Waals surface area contributed by atoms with Crippen LogP contribution in [0.25, 0.3) is 5.65 Å². The second-order valence-corrected chi connectivity index (χ2v) is 3.14. The Morgan fingerprint density at radius 2 is 2.50 bits per heavy atom. The minimum absolute atomic E-state index is 0.0190. The van der Waals surface area contributed by atoms with E-state index in [1.54, 1.807) is 16.8 Å². The Balaban J connectivity index is 2.15. The number of aliphatic hydroxyl groups is 1. The number of nitrogens with zero attached hydrogens (tertiary/aromatic N) is 4. The molecule has 8 nitrogen and oxygen atoms in total. The van der Waals surface area contributed by atoms with Crippen LogP contribution in [0.3, 0.4) is 0 Å². The van der Waals surface area contributed by atoms with Gasteiger partial charge >= 0.3 is 0 Å². The summed E-state index contributed by atoms with van der Waals surface area (Å²) in [6.45, 7) is -0.0190. The number of anilines is 1. The van der Waals surface area contributed by atoms with Gasteiger partial charge in [-0.25, -0.2) is 4.98 Å². The summed E-state index contributed by atoms with van der Waals surface area (Å²) in [7, 11) is 0. The lowest BCUT2D eigenvalue weighted by molar-refractivity contribution is -0.125. The van der Waals surface area contributed by atoms with Crippen molar-refractivity contribution in [1.82, 2.24) is 19.6 Å². The molecule has 0 saturated carbocycles. The number of hydrogen-bond acceptors (Lipinski definition) is 6. The van der Waals surface area contributed by atoms with Crippen LogP contribution in [0.2, 0.25) is 0 Å². The SMILES string of the molecule is NC(=O)C(O)CNc1nccn2cnnc12. The van der Waals surface area contributed by atoms with Crippen molar-refractivity contribution in [1.29, 1.82) is 0 Å². The molecule has 1 amide bonds. The van der Waals surface area contributed by atoms with Crippen LogP contribution in [0.5, 0.6) is 0 Å². The van der Waals surface area contributed by atoms with Crippen LogP contribution in [0.4, 0.5) is 5.82 Å². The first-order valence-corrected chi connectivity index (χ1v) is 4.54. The molecule has 0 aromatic carbocycles. The smallest absolute Gasteiger partial charge is 0.248 e. The number of rotatable bonds is 4.